The Bertz CT molecular complexity index is 269. The van der Waals surface area contributed by atoms with Gasteiger partial charge in [-0.15, -0.1) is 0 Å². The fourth-order valence-corrected chi connectivity index (χ4v) is 3.42. The maximum atomic E-state index is 12.6. The van der Waals surface area contributed by atoms with E-state index in [9.17, 15) is 4.79 Å². The van der Waals surface area contributed by atoms with Crippen molar-refractivity contribution in [2.45, 2.75) is 71.0 Å². The molecule has 17 heavy (non-hydrogen) atoms. The molecule has 2 unspecified atom stereocenters. The number of nitrogens with one attached hydrogen (secondary N) is 1. The topological polar surface area (TPSA) is 32.3 Å². The van der Waals surface area contributed by atoms with Crippen LogP contribution in [0, 0.1) is 5.92 Å². The summed E-state index contributed by atoms with van der Waals surface area (Å²) in [4.78, 5) is 14.8. The van der Waals surface area contributed by atoms with Crippen molar-refractivity contribution in [2.24, 2.45) is 5.92 Å². The maximum absolute atomic E-state index is 12.6. The molecule has 0 saturated carbocycles. The normalized spacial score (nSPS) is 39.1. The number of carbonyl (C=O) groups is 1. The molecule has 2 fully saturated rings. The third kappa shape index (κ3) is 2.82. The summed E-state index contributed by atoms with van der Waals surface area (Å²) in [6, 6.07) is 1.38. The van der Waals surface area contributed by atoms with Crippen molar-refractivity contribution in [1.29, 1.82) is 0 Å². The van der Waals surface area contributed by atoms with Crippen molar-refractivity contribution in [3.05, 3.63) is 0 Å². The highest BCUT2D eigenvalue weighted by Gasteiger charge is 2.34. The van der Waals surface area contributed by atoms with E-state index >= 15 is 0 Å². The van der Waals surface area contributed by atoms with Gasteiger partial charge in [0.2, 0.25) is 5.91 Å². The minimum Gasteiger partial charge on any atom is -0.337 e. The lowest BCUT2D eigenvalue weighted by atomic mass is 9.89. The van der Waals surface area contributed by atoms with E-state index in [2.05, 4.69) is 31.0 Å². The third-order valence-corrected chi connectivity index (χ3v) is 4.42. The van der Waals surface area contributed by atoms with Crippen LogP contribution in [0.5, 0.6) is 0 Å². The Morgan fingerprint density at radius 2 is 1.76 bits per heavy atom. The molecule has 4 atom stereocenters. The average Bonchev–Trinajstić information content (AvgIpc) is 2.28. The minimum atomic E-state index is 0.259. The summed E-state index contributed by atoms with van der Waals surface area (Å²) in [6.45, 7) is 7.59. The largest absolute Gasteiger partial charge is 0.337 e. The highest BCUT2D eigenvalue weighted by atomic mass is 16.2. The number of nitrogens with zero attached hydrogens (tertiary/aromatic N) is 1. The second-order valence-corrected chi connectivity index (χ2v) is 5.95. The van der Waals surface area contributed by atoms with Gasteiger partial charge in [-0.3, -0.25) is 4.79 Å². The summed E-state index contributed by atoms with van der Waals surface area (Å²) in [5, 5.41) is 3.42. The molecule has 3 heteroatoms. The Morgan fingerprint density at radius 1 is 1.12 bits per heavy atom. The molecular weight excluding hydrogens is 212 g/mol. The van der Waals surface area contributed by atoms with E-state index in [1.54, 1.807) is 0 Å². The summed E-state index contributed by atoms with van der Waals surface area (Å²) in [5.74, 6) is 0.673. The van der Waals surface area contributed by atoms with Crippen molar-refractivity contribution >= 4 is 5.91 Å². The van der Waals surface area contributed by atoms with Crippen LogP contribution >= 0.6 is 0 Å². The number of carbonyl (C=O) groups excluding carboxylic acids is 1. The van der Waals surface area contributed by atoms with Gasteiger partial charge in [0.25, 0.3) is 0 Å². The van der Waals surface area contributed by atoms with Gasteiger partial charge < -0.3 is 10.2 Å². The van der Waals surface area contributed by atoms with Crippen LogP contribution in [0.1, 0.15) is 52.9 Å². The van der Waals surface area contributed by atoms with Gasteiger partial charge in [0.05, 0.1) is 0 Å². The molecule has 3 nitrogen and oxygen atoms in total. The van der Waals surface area contributed by atoms with Crippen LogP contribution in [-0.4, -0.2) is 35.5 Å². The van der Waals surface area contributed by atoms with E-state index in [0.717, 1.165) is 19.4 Å². The Kier molecular flexibility index (Phi) is 4.08. The number of amides is 1. The fraction of sp³-hybridized carbons (Fsp3) is 0.929. The molecule has 2 saturated heterocycles. The van der Waals surface area contributed by atoms with E-state index in [1.807, 2.05) is 0 Å². The van der Waals surface area contributed by atoms with Gasteiger partial charge in [0.1, 0.15) is 0 Å². The van der Waals surface area contributed by atoms with Gasteiger partial charge in [0.15, 0.2) is 0 Å². The molecule has 0 bridgehead atoms. The van der Waals surface area contributed by atoms with Crippen LogP contribution in [0.2, 0.25) is 0 Å². The molecule has 2 heterocycles. The van der Waals surface area contributed by atoms with Crippen molar-refractivity contribution in [1.82, 2.24) is 10.2 Å². The molecule has 2 aliphatic heterocycles. The number of hydrogen-bond donors (Lipinski definition) is 1. The van der Waals surface area contributed by atoms with Crippen LogP contribution in [0.4, 0.5) is 0 Å². The van der Waals surface area contributed by atoms with E-state index in [4.69, 9.17) is 0 Å². The van der Waals surface area contributed by atoms with Crippen molar-refractivity contribution in [3.8, 4) is 0 Å². The predicted molar refractivity (Wildman–Crippen MR) is 69.8 cm³/mol. The van der Waals surface area contributed by atoms with E-state index in [1.165, 1.54) is 19.3 Å². The van der Waals surface area contributed by atoms with E-state index < -0.39 is 0 Å². The summed E-state index contributed by atoms with van der Waals surface area (Å²) in [7, 11) is 0. The highest BCUT2D eigenvalue weighted by Crippen LogP contribution is 2.27. The maximum Gasteiger partial charge on any atom is 0.226 e. The fourth-order valence-electron chi connectivity index (χ4n) is 3.42. The number of rotatable bonds is 1. The zero-order valence-corrected chi connectivity index (χ0v) is 11.4. The first kappa shape index (κ1) is 12.9. The van der Waals surface area contributed by atoms with Crippen LogP contribution < -0.4 is 5.32 Å². The van der Waals surface area contributed by atoms with Gasteiger partial charge in [-0.25, -0.2) is 0 Å². The summed E-state index contributed by atoms with van der Waals surface area (Å²) in [6.07, 6.45) is 5.65. The van der Waals surface area contributed by atoms with Gasteiger partial charge in [0, 0.05) is 24.0 Å². The molecule has 0 aliphatic carbocycles. The lowest BCUT2D eigenvalue weighted by molar-refractivity contribution is -0.143. The Balaban J connectivity index is 2.02. The van der Waals surface area contributed by atoms with Gasteiger partial charge in [-0.05, 0) is 59.4 Å². The third-order valence-electron chi connectivity index (χ3n) is 4.42. The van der Waals surface area contributed by atoms with E-state index in [-0.39, 0.29) is 5.92 Å². The van der Waals surface area contributed by atoms with Crippen molar-refractivity contribution < 1.29 is 4.79 Å². The smallest absolute Gasteiger partial charge is 0.226 e. The molecular formula is C14H26N2O. The first-order valence-corrected chi connectivity index (χ1v) is 7.15. The first-order chi connectivity index (χ1) is 8.09. The highest BCUT2D eigenvalue weighted by molar-refractivity contribution is 5.79. The zero-order valence-electron chi connectivity index (χ0n) is 11.4. The lowest BCUT2D eigenvalue weighted by Gasteiger charge is -2.42. The molecule has 1 N–H and O–H groups in total. The number of piperidine rings is 2. The average molecular weight is 238 g/mol. The molecule has 2 rings (SSSR count). The minimum absolute atomic E-state index is 0.259. The second-order valence-electron chi connectivity index (χ2n) is 5.95. The molecule has 0 aromatic heterocycles. The van der Waals surface area contributed by atoms with Crippen LogP contribution in [0.15, 0.2) is 0 Å². The molecule has 0 aromatic rings. The summed E-state index contributed by atoms with van der Waals surface area (Å²) >= 11 is 0. The molecule has 0 spiro atoms. The molecule has 98 valence electrons. The lowest BCUT2D eigenvalue weighted by Crippen LogP contribution is -2.52. The van der Waals surface area contributed by atoms with Gasteiger partial charge in [-0.1, -0.05) is 0 Å². The molecule has 1 amide bonds. The molecule has 2 aliphatic rings. The Morgan fingerprint density at radius 3 is 2.35 bits per heavy atom. The monoisotopic (exact) mass is 238 g/mol. The second kappa shape index (κ2) is 5.38. The Labute approximate surface area is 105 Å². The SMILES string of the molecule is CC1CCCC(C)N1C(=O)[C@H]1CCN[C@@H](C)C1. The number of likely N-dealkylation sites (tertiary alicyclic amines) is 1. The van der Waals surface area contributed by atoms with Gasteiger partial charge >= 0.3 is 0 Å². The summed E-state index contributed by atoms with van der Waals surface area (Å²) < 4.78 is 0. The zero-order chi connectivity index (χ0) is 12.4. The predicted octanol–water partition coefficient (Wildman–Crippen LogP) is 2.16. The Hall–Kier alpha value is -0.570. The van der Waals surface area contributed by atoms with E-state index in [0.29, 0.717) is 24.0 Å². The van der Waals surface area contributed by atoms with Crippen LogP contribution in [0.3, 0.4) is 0 Å². The van der Waals surface area contributed by atoms with Gasteiger partial charge in [-0.2, -0.15) is 0 Å². The van der Waals surface area contributed by atoms with Crippen LogP contribution in [-0.2, 0) is 4.79 Å². The van der Waals surface area contributed by atoms with Crippen molar-refractivity contribution in [2.75, 3.05) is 6.54 Å². The number of hydrogen-bond acceptors (Lipinski definition) is 2. The molecule has 0 aromatic carbocycles. The molecule has 0 radical (unpaired) electrons. The van der Waals surface area contributed by atoms with Crippen molar-refractivity contribution in [3.63, 3.8) is 0 Å². The summed E-state index contributed by atoms with van der Waals surface area (Å²) in [5.41, 5.74) is 0. The quantitative estimate of drug-likeness (QED) is 0.759. The van der Waals surface area contributed by atoms with Crippen LogP contribution in [0.25, 0.3) is 0 Å². The first-order valence-electron chi connectivity index (χ1n) is 7.15. The standard InChI is InChI=1S/C14H26N2O/c1-10-9-13(7-8-15-10)14(17)16-11(2)5-4-6-12(16)3/h10-13,15H,4-9H2,1-3H3/t10-,11?,12?,13-/m0/s1.